The van der Waals surface area contributed by atoms with Crippen LogP contribution in [-0.2, 0) is 10.2 Å². The number of aliphatic hydroxyl groups is 1. The number of benzene rings is 2. The van der Waals surface area contributed by atoms with Crippen molar-refractivity contribution in [3.8, 4) is 11.5 Å². The van der Waals surface area contributed by atoms with Gasteiger partial charge in [-0.05, 0) is 41.8 Å². The predicted molar refractivity (Wildman–Crippen MR) is 131 cm³/mol. The molecule has 1 aliphatic heterocycles. The van der Waals surface area contributed by atoms with Gasteiger partial charge in [0.15, 0.2) is 5.75 Å². The van der Waals surface area contributed by atoms with E-state index in [0.717, 1.165) is 37.0 Å². The molecule has 0 amide bonds. The first kappa shape index (κ1) is 27.9. The molecule has 1 fully saturated rings. The monoisotopic (exact) mass is 490 g/mol. The first-order valence-corrected chi connectivity index (χ1v) is 11.7. The van der Waals surface area contributed by atoms with Crippen LogP contribution in [0.25, 0.3) is 0 Å². The molecule has 1 N–H and O–H groups in total. The van der Waals surface area contributed by atoms with E-state index in [2.05, 4.69) is 26.0 Å². The van der Waals surface area contributed by atoms with Crippen LogP contribution in [0, 0.1) is 0 Å². The van der Waals surface area contributed by atoms with Crippen LogP contribution in [0.3, 0.4) is 0 Å². The standard InChI is InChI=1S/C21H23Cl3O3.C2H6.CH4O/c1-21(2,14-4-6-16(7-5-14)26-12-17-13-27-17)15-10-18(23)20(19(24)11-15)25-9-3-8-22;2*1-2/h4-7,10-11,17H,3,8-9,12-13H2,1-2H3;1-2H3;2H,1H3. The highest BCUT2D eigenvalue weighted by Gasteiger charge is 2.26. The van der Waals surface area contributed by atoms with Gasteiger partial charge in [-0.1, -0.05) is 63.0 Å². The number of hydrogen-bond acceptors (Lipinski definition) is 4. The zero-order valence-corrected chi connectivity index (χ0v) is 21.2. The van der Waals surface area contributed by atoms with Crippen LogP contribution in [0.5, 0.6) is 11.5 Å². The van der Waals surface area contributed by atoms with Crippen LogP contribution in [0.2, 0.25) is 10.0 Å². The van der Waals surface area contributed by atoms with E-state index < -0.39 is 0 Å². The van der Waals surface area contributed by atoms with Crippen LogP contribution in [0.1, 0.15) is 45.2 Å². The zero-order chi connectivity index (χ0) is 23.4. The van der Waals surface area contributed by atoms with Crippen LogP contribution in [0.4, 0.5) is 0 Å². The van der Waals surface area contributed by atoms with E-state index in [1.165, 1.54) is 0 Å². The molecule has 1 heterocycles. The second-order valence-electron chi connectivity index (χ2n) is 7.08. The summed E-state index contributed by atoms with van der Waals surface area (Å²) in [5, 5.41) is 8.01. The van der Waals surface area contributed by atoms with Crippen LogP contribution in [0.15, 0.2) is 36.4 Å². The normalized spacial score (nSPS) is 14.5. The predicted octanol–water partition coefficient (Wildman–Crippen LogP) is 6.74. The van der Waals surface area contributed by atoms with E-state index in [1.54, 1.807) is 0 Å². The molecule has 1 atom stereocenters. The fourth-order valence-electron chi connectivity index (χ4n) is 2.78. The molecule has 174 valence electrons. The maximum Gasteiger partial charge on any atom is 0.156 e. The Hall–Kier alpha value is -1.17. The molecule has 1 aliphatic rings. The van der Waals surface area contributed by atoms with Crippen molar-refractivity contribution in [3.63, 3.8) is 0 Å². The molecule has 7 heteroatoms. The molecule has 0 saturated carbocycles. The molecule has 4 nitrogen and oxygen atoms in total. The fourth-order valence-corrected chi connectivity index (χ4v) is 3.48. The summed E-state index contributed by atoms with van der Waals surface area (Å²) in [6.07, 6.45) is 0.985. The Morgan fingerprint density at radius 3 is 2.03 bits per heavy atom. The van der Waals surface area contributed by atoms with E-state index in [1.807, 2.05) is 38.1 Å². The third kappa shape index (κ3) is 8.36. The lowest BCUT2D eigenvalue weighted by Crippen LogP contribution is -2.19. The number of aliphatic hydroxyl groups excluding tert-OH is 1. The molecule has 0 aliphatic carbocycles. The molecule has 31 heavy (non-hydrogen) atoms. The lowest BCUT2D eigenvalue weighted by atomic mass is 9.78. The number of epoxide rings is 1. The molecular formula is C24H33Cl3O4. The smallest absolute Gasteiger partial charge is 0.156 e. The number of rotatable bonds is 9. The summed E-state index contributed by atoms with van der Waals surface area (Å²) < 4.78 is 16.5. The second-order valence-corrected chi connectivity index (χ2v) is 8.27. The van der Waals surface area contributed by atoms with Gasteiger partial charge in [0.2, 0.25) is 0 Å². The van der Waals surface area contributed by atoms with Gasteiger partial charge in [-0.2, -0.15) is 0 Å². The van der Waals surface area contributed by atoms with Gasteiger partial charge in [0.25, 0.3) is 0 Å². The van der Waals surface area contributed by atoms with E-state index >= 15 is 0 Å². The number of hydrogen-bond donors (Lipinski definition) is 1. The molecule has 2 aromatic rings. The van der Waals surface area contributed by atoms with Crippen molar-refractivity contribution in [2.75, 3.05) is 32.8 Å². The van der Waals surface area contributed by atoms with Gasteiger partial charge in [-0.3, -0.25) is 0 Å². The van der Waals surface area contributed by atoms with Gasteiger partial charge in [0.1, 0.15) is 18.5 Å². The molecule has 0 aromatic heterocycles. The lowest BCUT2D eigenvalue weighted by Gasteiger charge is -2.27. The minimum atomic E-state index is -0.278. The number of ether oxygens (including phenoxy) is 3. The molecule has 0 spiro atoms. The van der Waals surface area contributed by atoms with E-state index in [-0.39, 0.29) is 11.5 Å². The summed E-state index contributed by atoms with van der Waals surface area (Å²) in [6.45, 7) is 10.1. The highest BCUT2D eigenvalue weighted by atomic mass is 35.5. The lowest BCUT2D eigenvalue weighted by molar-refractivity contribution is 0.263. The average Bonchev–Trinajstić information content (AvgIpc) is 3.62. The highest BCUT2D eigenvalue weighted by molar-refractivity contribution is 6.37. The summed E-state index contributed by atoms with van der Waals surface area (Å²) in [4.78, 5) is 0. The number of alkyl halides is 1. The third-order valence-electron chi connectivity index (χ3n) is 4.66. The molecule has 2 aromatic carbocycles. The Balaban J connectivity index is 0.00000113. The van der Waals surface area contributed by atoms with Crippen molar-refractivity contribution < 1.29 is 19.3 Å². The quantitative estimate of drug-likeness (QED) is 0.240. The first-order chi connectivity index (χ1) is 14.9. The Morgan fingerprint density at radius 1 is 1.00 bits per heavy atom. The van der Waals surface area contributed by atoms with Crippen LogP contribution in [-0.4, -0.2) is 44.0 Å². The first-order valence-electron chi connectivity index (χ1n) is 10.4. The third-order valence-corrected chi connectivity index (χ3v) is 5.49. The molecule has 0 radical (unpaired) electrons. The Bertz CT molecular complexity index is 752. The van der Waals surface area contributed by atoms with Crippen molar-refractivity contribution in [1.82, 2.24) is 0 Å². The van der Waals surface area contributed by atoms with E-state index in [9.17, 15) is 0 Å². The van der Waals surface area contributed by atoms with Gasteiger partial charge in [0.05, 0.1) is 23.3 Å². The fraction of sp³-hybridized carbons (Fsp3) is 0.500. The van der Waals surface area contributed by atoms with Crippen molar-refractivity contribution in [2.24, 2.45) is 0 Å². The van der Waals surface area contributed by atoms with Gasteiger partial charge < -0.3 is 19.3 Å². The largest absolute Gasteiger partial charge is 0.491 e. The SMILES string of the molecule is CC.CC(C)(c1ccc(OCC2CO2)cc1)c1cc(Cl)c(OCCCCl)c(Cl)c1.CO. The maximum atomic E-state index is 7.00. The summed E-state index contributed by atoms with van der Waals surface area (Å²) in [5.74, 6) is 1.88. The van der Waals surface area contributed by atoms with Gasteiger partial charge >= 0.3 is 0 Å². The molecule has 3 rings (SSSR count). The topological polar surface area (TPSA) is 51.2 Å². The molecule has 1 saturated heterocycles. The van der Waals surface area contributed by atoms with Gasteiger partial charge in [-0.25, -0.2) is 0 Å². The van der Waals surface area contributed by atoms with E-state index in [4.69, 9.17) is 54.1 Å². The summed E-state index contributed by atoms with van der Waals surface area (Å²) in [6, 6.07) is 11.9. The van der Waals surface area contributed by atoms with Crippen molar-refractivity contribution >= 4 is 34.8 Å². The summed E-state index contributed by atoms with van der Waals surface area (Å²) in [7, 11) is 1.00. The molecule has 0 bridgehead atoms. The van der Waals surface area contributed by atoms with E-state index in [0.29, 0.717) is 34.9 Å². The summed E-state index contributed by atoms with van der Waals surface area (Å²) >= 11 is 18.6. The Morgan fingerprint density at radius 2 is 1.55 bits per heavy atom. The minimum absolute atomic E-state index is 0.246. The average molecular weight is 492 g/mol. The van der Waals surface area contributed by atoms with Crippen LogP contribution < -0.4 is 9.47 Å². The van der Waals surface area contributed by atoms with Gasteiger partial charge in [-0.15, -0.1) is 11.6 Å². The van der Waals surface area contributed by atoms with Gasteiger partial charge in [0, 0.05) is 18.4 Å². The molecule has 1 unspecified atom stereocenters. The van der Waals surface area contributed by atoms with Crippen molar-refractivity contribution in [3.05, 3.63) is 57.6 Å². The second kappa shape index (κ2) is 14.1. The zero-order valence-electron chi connectivity index (χ0n) is 18.9. The Labute approximate surface area is 201 Å². The van der Waals surface area contributed by atoms with Crippen molar-refractivity contribution in [1.29, 1.82) is 0 Å². The van der Waals surface area contributed by atoms with Crippen molar-refractivity contribution in [2.45, 2.75) is 45.6 Å². The minimum Gasteiger partial charge on any atom is -0.491 e. The summed E-state index contributed by atoms with van der Waals surface area (Å²) in [5.41, 5.74) is 1.88. The number of halogens is 3. The highest BCUT2D eigenvalue weighted by Crippen LogP contribution is 2.40. The maximum absolute atomic E-state index is 7.00. The molecular weight excluding hydrogens is 459 g/mol. The Kier molecular flexibility index (Phi) is 12.7. The van der Waals surface area contributed by atoms with Crippen LogP contribution >= 0.6 is 34.8 Å².